The second kappa shape index (κ2) is 11.1. The number of H-pyrrole nitrogens is 2. The van der Waals surface area contributed by atoms with E-state index in [0.29, 0.717) is 0 Å². The number of aromatic nitrogens is 8. The third-order valence-corrected chi connectivity index (χ3v) is 10.7. The Hall–Kier alpha value is -2.46. The molecule has 2 bridgehead atoms. The van der Waals surface area contributed by atoms with Crippen molar-refractivity contribution in [2.45, 2.75) is 49.5 Å². The number of nitrogens with two attached hydrogens (primary N) is 1. The maximum absolute atomic E-state index is 15.8. The van der Waals surface area contributed by atoms with Crippen LogP contribution in [0.1, 0.15) is 18.9 Å². The monoisotopic (exact) mass is 695 g/mol. The predicted octanol–water partition coefficient (Wildman–Crippen LogP) is -0.276. The molecule has 8 atom stereocenters. The number of fused-ring (bicyclic) bond motifs is 5. The van der Waals surface area contributed by atoms with E-state index in [0.717, 1.165) is 0 Å². The van der Waals surface area contributed by atoms with E-state index in [-0.39, 0.29) is 34.7 Å². The van der Waals surface area contributed by atoms with Gasteiger partial charge in [0.2, 0.25) is 0 Å². The fraction of sp³-hybridized carbons (Fsp3) is 0.500. The van der Waals surface area contributed by atoms with Crippen LogP contribution in [0.3, 0.4) is 0 Å². The molecule has 44 heavy (non-hydrogen) atoms. The molecule has 238 valence electrons. The van der Waals surface area contributed by atoms with Gasteiger partial charge in [0.1, 0.15) is 0 Å². The molecule has 7 heterocycles. The molecule has 24 heteroatoms. The molecule has 3 aliphatic rings. The van der Waals surface area contributed by atoms with Crippen LogP contribution in [-0.2, 0) is 39.4 Å². The first-order valence-electron chi connectivity index (χ1n) is 12.9. The van der Waals surface area contributed by atoms with Crippen LogP contribution in [0.2, 0.25) is 0 Å². The van der Waals surface area contributed by atoms with E-state index in [9.17, 15) is 19.4 Å². The van der Waals surface area contributed by atoms with E-state index < -0.39 is 81.2 Å². The van der Waals surface area contributed by atoms with Crippen molar-refractivity contribution >= 4 is 66.2 Å². The van der Waals surface area contributed by atoms with Gasteiger partial charge in [0.25, 0.3) is 0 Å². The van der Waals surface area contributed by atoms with Gasteiger partial charge in [-0.1, -0.05) is 0 Å². The minimum absolute atomic E-state index is 0.0490. The number of nitrogen functional groups attached to an aromatic ring is 1. The van der Waals surface area contributed by atoms with Gasteiger partial charge in [-0.15, -0.1) is 0 Å². The average molecular weight is 696 g/mol. The van der Waals surface area contributed by atoms with Crippen molar-refractivity contribution in [2.75, 3.05) is 18.9 Å². The molecular formula is C20H24FN9O10P2S2. The maximum atomic E-state index is 15.8. The van der Waals surface area contributed by atoms with Crippen LogP contribution in [0.4, 0.5) is 10.3 Å². The van der Waals surface area contributed by atoms with Gasteiger partial charge in [0.05, 0.1) is 0 Å². The number of nitrogens with zero attached hydrogens (tertiary/aromatic N) is 6. The predicted molar refractivity (Wildman–Crippen MR) is 156 cm³/mol. The molecule has 0 spiro atoms. The Morgan fingerprint density at radius 3 is 2.64 bits per heavy atom. The van der Waals surface area contributed by atoms with E-state index in [1.807, 2.05) is 0 Å². The molecule has 19 nitrogen and oxygen atoms in total. The number of nitrogens with one attached hydrogen (secondary N) is 2. The fourth-order valence-corrected chi connectivity index (χ4v) is 8.41. The Kier molecular flexibility index (Phi) is 7.63. The Morgan fingerprint density at radius 2 is 1.84 bits per heavy atom. The summed E-state index contributed by atoms with van der Waals surface area (Å²) in [5, 5.41) is 0. The van der Waals surface area contributed by atoms with Crippen molar-refractivity contribution in [3.63, 3.8) is 0 Å². The van der Waals surface area contributed by atoms with Gasteiger partial charge in [0.15, 0.2) is 0 Å². The molecule has 6 N–H and O–H groups in total. The Labute approximate surface area is 254 Å². The third-order valence-electron chi connectivity index (χ3n) is 7.24. The second-order valence-corrected chi connectivity index (χ2v) is 16.2. The number of aromatic amines is 2. The molecule has 0 aliphatic carbocycles. The normalized spacial score (nSPS) is 35.1. The van der Waals surface area contributed by atoms with E-state index in [1.165, 1.54) is 28.1 Å². The van der Waals surface area contributed by atoms with Gasteiger partial charge >= 0.3 is 255 Å². The summed E-state index contributed by atoms with van der Waals surface area (Å²) in [6, 6.07) is 0. The molecule has 3 saturated heterocycles. The molecule has 0 amide bonds. The third kappa shape index (κ3) is 5.48. The van der Waals surface area contributed by atoms with Crippen molar-refractivity contribution in [3.05, 3.63) is 39.7 Å². The number of thiol groups is 1. The molecular weight excluding hydrogens is 671 g/mol. The minimum atomic E-state index is -4.29. The van der Waals surface area contributed by atoms with Crippen molar-refractivity contribution in [2.24, 2.45) is 0 Å². The quantitative estimate of drug-likeness (QED) is 0.117. The summed E-state index contributed by atoms with van der Waals surface area (Å²) in [5.74, 6) is -0.229. The van der Waals surface area contributed by atoms with Crippen LogP contribution in [0.25, 0.3) is 22.3 Å². The molecule has 4 aromatic heterocycles. The van der Waals surface area contributed by atoms with Crippen LogP contribution in [0.15, 0.2) is 28.6 Å². The number of hydrogen-bond donors (Lipinski definition) is 6. The summed E-state index contributed by atoms with van der Waals surface area (Å²) in [7, 11) is -4.29. The number of imidazole rings is 2. The molecule has 7 rings (SSSR count). The first kappa shape index (κ1) is 30.2. The standard InChI is InChI=1S/C20H24FN9O10P2S2/c21-11-9-3-36-41(33,43)39-7-1-10(29-5-25-12-15(29)23-4-24-17(12)31)37-8(7)2-35-42(34,44)40-14(11)19(38-9)30-6-26-13-16(30)27-20(22)28-18(13)32/h4-11,14,19,33,41,43H,1-3H2,(H,34,44)(H,23,24,31)(H3,22,27,28,32)/t7-,8+,9+,10+,11+,14+,19+,42?/m0/s1. The molecule has 0 saturated carbocycles. The van der Waals surface area contributed by atoms with Gasteiger partial charge in [-0.3, -0.25) is 0 Å². The van der Waals surface area contributed by atoms with Crippen molar-refractivity contribution in [1.82, 2.24) is 39.0 Å². The van der Waals surface area contributed by atoms with Crippen molar-refractivity contribution in [3.8, 4) is 0 Å². The number of ether oxygens (including phenoxy) is 2. The second-order valence-electron chi connectivity index (χ2n) is 10.1. The molecule has 4 aromatic rings. The first-order valence-corrected chi connectivity index (χ1v) is 18.5. The number of anilines is 1. The zero-order chi connectivity index (χ0) is 31.0. The van der Waals surface area contributed by atoms with Gasteiger partial charge in [-0.05, 0) is 0 Å². The summed E-state index contributed by atoms with van der Waals surface area (Å²) in [4.78, 5) is 67.5. The van der Waals surface area contributed by atoms with Gasteiger partial charge < -0.3 is 0 Å². The zero-order valence-corrected chi connectivity index (χ0v) is 25.6. The molecule has 0 aromatic carbocycles. The van der Waals surface area contributed by atoms with E-state index >= 15 is 4.39 Å². The summed E-state index contributed by atoms with van der Waals surface area (Å²) in [5.41, 5.74) is 4.75. The Bertz CT molecular complexity index is 1910. The first-order chi connectivity index (χ1) is 20.9. The van der Waals surface area contributed by atoms with Gasteiger partial charge in [0, 0.05) is 0 Å². The Morgan fingerprint density at radius 1 is 1.09 bits per heavy atom. The average Bonchev–Trinajstić information content (AvgIpc) is 3.72. The number of hydrogen-bond acceptors (Lipinski definition) is 16. The molecule has 3 fully saturated rings. The van der Waals surface area contributed by atoms with Crippen molar-refractivity contribution < 1.29 is 41.7 Å². The van der Waals surface area contributed by atoms with Gasteiger partial charge in [-0.25, -0.2) is 0 Å². The summed E-state index contributed by atoms with van der Waals surface area (Å²) in [6.07, 6.45) is -5.23. The summed E-state index contributed by atoms with van der Waals surface area (Å²) in [6.45, 7) is -5.19. The summed E-state index contributed by atoms with van der Waals surface area (Å²) >= 11 is 9.42. The Balaban J connectivity index is 1.19. The molecule has 3 aliphatic heterocycles. The summed E-state index contributed by atoms with van der Waals surface area (Å²) < 4.78 is 53.1. The number of halogens is 1. The van der Waals surface area contributed by atoms with E-state index in [4.69, 9.17) is 45.1 Å². The fourth-order valence-electron chi connectivity index (χ4n) is 5.29. The van der Waals surface area contributed by atoms with Crippen LogP contribution in [0, 0.1) is 0 Å². The SMILES string of the molecule is Nc1nc2c(ncn2[C@@H]2O[C@@H]3CO[PH](O)(S)O[C@H]4C[C@H](n5cnc6c(=O)[nH]cnc65)O[C@@H]4COP(O)(=S)O[C@@H]2[C@@H]3F)c(=O)[nH]1. The van der Waals surface area contributed by atoms with E-state index in [1.54, 1.807) is 0 Å². The van der Waals surface area contributed by atoms with E-state index in [2.05, 4.69) is 42.2 Å². The van der Waals surface area contributed by atoms with Crippen LogP contribution >= 0.6 is 26.1 Å². The van der Waals surface area contributed by atoms with Crippen molar-refractivity contribution in [1.29, 1.82) is 0 Å². The van der Waals surface area contributed by atoms with Crippen LogP contribution in [-0.4, -0.2) is 92.6 Å². The molecule has 1 unspecified atom stereocenters. The van der Waals surface area contributed by atoms with Gasteiger partial charge in [-0.2, -0.15) is 0 Å². The van der Waals surface area contributed by atoms with Crippen LogP contribution in [0.5, 0.6) is 0 Å². The molecule has 0 radical (unpaired) electrons. The number of rotatable bonds is 2. The zero-order valence-electron chi connectivity index (χ0n) is 22.0. The topological polar surface area (TPSA) is 249 Å². The van der Waals surface area contributed by atoms with Crippen LogP contribution < -0.4 is 16.9 Å². The number of alkyl halides is 1.